The summed E-state index contributed by atoms with van der Waals surface area (Å²) >= 11 is 0. The highest BCUT2D eigenvalue weighted by Gasteiger charge is 2.28. The molecule has 0 bridgehead atoms. The Hall–Kier alpha value is -3.71. The van der Waals surface area contributed by atoms with Crippen molar-refractivity contribution in [3.63, 3.8) is 0 Å². The molecular formula is C32H37N5O2. The number of anilines is 1. The molecule has 0 amide bonds. The molecule has 2 aromatic heterocycles. The number of aryl methyl sites for hydroxylation is 2. The van der Waals surface area contributed by atoms with Gasteiger partial charge in [0.25, 0.3) is 0 Å². The van der Waals surface area contributed by atoms with Crippen molar-refractivity contribution in [2.24, 2.45) is 0 Å². The summed E-state index contributed by atoms with van der Waals surface area (Å²) in [4.78, 5) is 26.7. The van der Waals surface area contributed by atoms with E-state index in [4.69, 9.17) is 9.72 Å². The predicted molar refractivity (Wildman–Crippen MR) is 155 cm³/mol. The molecule has 202 valence electrons. The maximum atomic E-state index is 12.4. The van der Waals surface area contributed by atoms with Gasteiger partial charge in [-0.1, -0.05) is 12.1 Å². The van der Waals surface area contributed by atoms with Crippen LogP contribution in [0, 0.1) is 13.8 Å². The molecule has 1 atom stereocenters. The lowest BCUT2D eigenvalue weighted by atomic mass is 9.90. The monoisotopic (exact) mass is 523 g/mol. The molecule has 39 heavy (non-hydrogen) atoms. The number of rotatable bonds is 6. The summed E-state index contributed by atoms with van der Waals surface area (Å²) in [6, 6.07) is 15.6. The highest BCUT2D eigenvalue weighted by atomic mass is 16.5. The van der Waals surface area contributed by atoms with Crippen molar-refractivity contribution in [3.8, 4) is 5.69 Å². The average Bonchev–Trinajstić information content (AvgIpc) is 3.37. The van der Waals surface area contributed by atoms with E-state index in [1.165, 1.54) is 27.8 Å². The third-order valence-electron chi connectivity index (χ3n) is 8.45. The standard InChI is InChI=1S/C32H37N5O2/c1-5-39-32(38)31-30-14-12-25-24(21(2)9-13-29(25)37(30)20-33-31)15-16-35-17-18-36(19-23(35)4)28-8-6-7-27-26(28)11-10-22(3)34-27/h6-11,13,20,23H,5,12,14-19H2,1-4H3/t23-/m1/s1. The van der Waals surface area contributed by atoms with Crippen molar-refractivity contribution in [2.75, 3.05) is 37.7 Å². The molecule has 1 saturated heterocycles. The zero-order valence-electron chi connectivity index (χ0n) is 23.4. The molecule has 0 saturated carbocycles. The van der Waals surface area contributed by atoms with E-state index in [1.807, 2.05) is 13.8 Å². The molecule has 7 heteroatoms. The first-order chi connectivity index (χ1) is 18.9. The predicted octanol–water partition coefficient (Wildman–Crippen LogP) is 5.07. The number of ether oxygens (including phenoxy) is 1. The van der Waals surface area contributed by atoms with E-state index in [-0.39, 0.29) is 5.97 Å². The molecule has 0 aliphatic carbocycles. The molecule has 4 heterocycles. The van der Waals surface area contributed by atoms with E-state index >= 15 is 0 Å². The molecule has 0 radical (unpaired) electrons. The number of hydrogen-bond donors (Lipinski definition) is 0. The molecule has 2 aromatic carbocycles. The second-order valence-electron chi connectivity index (χ2n) is 10.9. The third-order valence-corrected chi connectivity index (χ3v) is 8.45. The maximum absolute atomic E-state index is 12.4. The van der Waals surface area contributed by atoms with E-state index in [1.54, 1.807) is 6.33 Å². The van der Waals surface area contributed by atoms with Gasteiger partial charge in [-0.25, -0.2) is 9.78 Å². The van der Waals surface area contributed by atoms with Crippen LogP contribution in [0.25, 0.3) is 16.6 Å². The van der Waals surface area contributed by atoms with E-state index in [9.17, 15) is 4.79 Å². The van der Waals surface area contributed by atoms with Crippen LogP contribution in [0.3, 0.4) is 0 Å². The van der Waals surface area contributed by atoms with Crippen molar-refractivity contribution in [3.05, 3.63) is 82.6 Å². The van der Waals surface area contributed by atoms with Crippen LogP contribution >= 0.6 is 0 Å². The highest BCUT2D eigenvalue weighted by Crippen LogP contribution is 2.32. The first-order valence-corrected chi connectivity index (χ1v) is 14.1. The van der Waals surface area contributed by atoms with Crippen molar-refractivity contribution in [1.82, 2.24) is 19.4 Å². The Kier molecular flexibility index (Phi) is 6.85. The number of pyridine rings is 1. The molecule has 4 aromatic rings. The lowest BCUT2D eigenvalue weighted by Crippen LogP contribution is -2.52. The fraction of sp³-hybridized carbons (Fsp3) is 0.406. The molecule has 0 unspecified atom stereocenters. The lowest BCUT2D eigenvalue weighted by molar-refractivity contribution is 0.0518. The summed E-state index contributed by atoms with van der Waals surface area (Å²) in [5.41, 5.74) is 10.1. The number of benzene rings is 2. The number of piperazine rings is 1. The van der Waals surface area contributed by atoms with Crippen LogP contribution in [0.2, 0.25) is 0 Å². The fourth-order valence-corrected chi connectivity index (χ4v) is 6.40. The normalized spacial score (nSPS) is 17.2. The summed E-state index contributed by atoms with van der Waals surface area (Å²) < 4.78 is 7.33. The van der Waals surface area contributed by atoms with Crippen LogP contribution in [0.15, 0.2) is 48.8 Å². The van der Waals surface area contributed by atoms with Gasteiger partial charge >= 0.3 is 5.97 Å². The first kappa shape index (κ1) is 25.6. The van der Waals surface area contributed by atoms with Crippen molar-refractivity contribution in [1.29, 1.82) is 0 Å². The third kappa shape index (κ3) is 4.69. The molecule has 2 aliphatic heterocycles. The number of carbonyl (C=O) groups excluding carboxylic acids is 1. The number of carbonyl (C=O) groups is 1. The van der Waals surface area contributed by atoms with Crippen LogP contribution in [0.1, 0.15) is 52.4 Å². The Balaban J connectivity index is 1.18. The van der Waals surface area contributed by atoms with E-state index in [0.29, 0.717) is 18.3 Å². The lowest BCUT2D eigenvalue weighted by Gasteiger charge is -2.41. The molecule has 1 fully saturated rings. The second kappa shape index (κ2) is 10.5. The van der Waals surface area contributed by atoms with Crippen LogP contribution in [-0.4, -0.2) is 64.2 Å². The number of aromatic nitrogens is 3. The number of esters is 1. The fourth-order valence-electron chi connectivity index (χ4n) is 6.40. The van der Waals surface area contributed by atoms with Gasteiger partial charge in [-0.3, -0.25) is 9.88 Å². The first-order valence-electron chi connectivity index (χ1n) is 14.1. The Labute approximate surface area is 230 Å². The minimum absolute atomic E-state index is 0.329. The van der Waals surface area contributed by atoms with Crippen molar-refractivity contribution >= 4 is 22.6 Å². The van der Waals surface area contributed by atoms with Crippen LogP contribution in [0.4, 0.5) is 5.69 Å². The van der Waals surface area contributed by atoms with Gasteiger partial charge in [-0.05, 0) is 94.0 Å². The number of nitrogens with zero attached hydrogens (tertiary/aromatic N) is 5. The molecule has 0 spiro atoms. The zero-order chi connectivity index (χ0) is 27.1. The van der Waals surface area contributed by atoms with Gasteiger partial charge in [0.15, 0.2) is 5.69 Å². The maximum Gasteiger partial charge on any atom is 0.358 e. The zero-order valence-corrected chi connectivity index (χ0v) is 23.4. The topological polar surface area (TPSA) is 63.5 Å². The van der Waals surface area contributed by atoms with Gasteiger partial charge in [0.05, 0.1) is 23.5 Å². The smallest absolute Gasteiger partial charge is 0.358 e. The Morgan fingerprint density at radius 1 is 1.05 bits per heavy atom. The molecular weight excluding hydrogens is 486 g/mol. The van der Waals surface area contributed by atoms with Gasteiger partial charge in [-0.2, -0.15) is 0 Å². The van der Waals surface area contributed by atoms with Gasteiger partial charge < -0.3 is 14.2 Å². The van der Waals surface area contributed by atoms with Gasteiger partial charge in [-0.15, -0.1) is 0 Å². The number of fused-ring (bicyclic) bond motifs is 4. The minimum atomic E-state index is -0.329. The Morgan fingerprint density at radius 2 is 1.92 bits per heavy atom. The van der Waals surface area contributed by atoms with E-state index in [2.05, 4.69) is 75.7 Å². The molecule has 2 aliphatic rings. The number of imidazole rings is 1. The molecule has 7 nitrogen and oxygen atoms in total. The van der Waals surface area contributed by atoms with Crippen LogP contribution in [0.5, 0.6) is 0 Å². The highest BCUT2D eigenvalue weighted by molar-refractivity contribution is 5.92. The van der Waals surface area contributed by atoms with Gasteiger partial charge in [0, 0.05) is 49.0 Å². The Bertz CT molecular complexity index is 1540. The summed E-state index contributed by atoms with van der Waals surface area (Å²) in [6.07, 6.45) is 4.52. The summed E-state index contributed by atoms with van der Waals surface area (Å²) in [5.74, 6) is -0.329. The SMILES string of the molecule is CCOC(=O)c1ncn2c1CCc1c-2ccc(C)c1CCN1CCN(c2cccc3nc(C)ccc23)C[C@H]1C. The van der Waals surface area contributed by atoms with Crippen molar-refractivity contribution in [2.45, 2.75) is 53.0 Å². The van der Waals surface area contributed by atoms with E-state index in [0.717, 1.165) is 68.0 Å². The largest absolute Gasteiger partial charge is 0.461 e. The molecule has 0 N–H and O–H groups in total. The van der Waals surface area contributed by atoms with Crippen molar-refractivity contribution < 1.29 is 9.53 Å². The Morgan fingerprint density at radius 3 is 2.74 bits per heavy atom. The van der Waals surface area contributed by atoms with Gasteiger partial charge in [0.2, 0.25) is 0 Å². The molecule has 6 rings (SSSR count). The summed E-state index contributed by atoms with van der Waals surface area (Å²) in [7, 11) is 0. The van der Waals surface area contributed by atoms with Crippen LogP contribution in [-0.2, 0) is 24.0 Å². The summed E-state index contributed by atoms with van der Waals surface area (Å²) in [5, 5.41) is 1.24. The van der Waals surface area contributed by atoms with E-state index < -0.39 is 0 Å². The number of hydrogen-bond acceptors (Lipinski definition) is 6. The second-order valence-corrected chi connectivity index (χ2v) is 10.9. The minimum Gasteiger partial charge on any atom is -0.461 e. The van der Waals surface area contributed by atoms with Crippen LogP contribution < -0.4 is 4.90 Å². The van der Waals surface area contributed by atoms with Gasteiger partial charge in [0.1, 0.15) is 6.33 Å². The average molecular weight is 524 g/mol. The quantitative estimate of drug-likeness (QED) is 0.329. The summed E-state index contributed by atoms with van der Waals surface area (Å²) in [6.45, 7) is 12.9.